The molecule has 1 N–H and O–H groups in total. The van der Waals surface area contributed by atoms with Gasteiger partial charge in [-0.05, 0) is 60.9 Å². The highest BCUT2D eigenvalue weighted by Gasteiger charge is 2.26. The van der Waals surface area contributed by atoms with Crippen LogP contribution in [0.5, 0.6) is 5.75 Å². The van der Waals surface area contributed by atoms with E-state index in [2.05, 4.69) is 21.2 Å². The van der Waals surface area contributed by atoms with Crippen molar-refractivity contribution in [2.45, 2.75) is 13.8 Å². The van der Waals surface area contributed by atoms with Gasteiger partial charge in [0.25, 0.3) is 5.91 Å². The first-order valence-electron chi connectivity index (χ1n) is 6.98. The number of hydrogen-bond donors (Lipinski definition) is 1. The summed E-state index contributed by atoms with van der Waals surface area (Å²) in [5.41, 5.74) is 5.61. The number of amides is 1. The number of aryl methyl sites for hydroxylation is 1. The van der Waals surface area contributed by atoms with E-state index < -0.39 is 0 Å². The molecule has 0 fully saturated rings. The summed E-state index contributed by atoms with van der Waals surface area (Å²) in [5.74, 6) is 0.780. The van der Waals surface area contributed by atoms with Crippen molar-refractivity contribution in [3.63, 3.8) is 0 Å². The lowest BCUT2D eigenvalue weighted by atomic mass is 9.99. The van der Waals surface area contributed by atoms with E-state index in [1.165, 1.54) is 0 Å². The number of halogens is 1. The molecule has 4 heteroatoms. The molecule has 0 aliphatic carbocycles. The monoisotopic (exact) mass is 357 g/mol. The average molecular weight is 358 g/mol. The molecule has 1 aliphatic rings. The van der Waals surface area contributed by atoms with E-state index in [0.29, 0.717) is 5.57 Å². The van der Waals surface area contributed by atoms with Gasteiger partial charge in [0.15, 0.2) is 0 Å². The maximum absolute atomic E-state index is 12.3. The Balaban J connectivity index is 2.12. The minimum atomic E-state index is -0.0651. The van der Waals surface area contributed by atoms with Crippen LogP contribution in [0.3, 0.4) is 0 Å². The molecule has 0 atom stereocenters. The molecule has 0 unspecified atom stereocenters. The Kier molecular flexibility index (Phi) is 3.79. The summed E-state index contributed by atoms with van der Waals surface area (Å²) in [4.78, 5) is 12.3. The molecule has 0 saturated heterocycles. The number of methoxy groups -OCH3 is 1. The topological polar surface area (TPSA) is 38.3 Å². The van der Waals surface area contributed by atoms with Gasteiger partial charge in [-0.3, -0.25) is 4.79 Å². The molecule has 0 spiro atoms. The first-order valence-corrected chi connectivity index (χ1v) is 7.77. The number of ether oxygens (including phenoxy) is 1. The highest BCUT2D eigenvalue weighted by molar-refractivity contribution is 9.10. The quantitative estimate of drug-likeness (QED) is 0.799. The first kappa shape index (κ1) is 14.9. The summed E-state index contributed by atoms with van der Waals surface area (Å²) >= 11 is 3.53. The smallest absolute Gasteiger partial charge is 0.256 e. The van der Waals surface area contributed by atoms with Crippen LogP contribution in [0.4, 0.5) is 5.69 Å². The second-order valence-corrected chi connectivity index (χ2v) is 6.19. The van der Waals surface area contributed by atoms with E-state index in [4.69, 9.17) is 4.74 Å². The largest absolute Gasteiger partial charge is 0.496 e. The highest BCUT2D eigenvalue weighted by Crippen LogP contribution is 2.38. The Morgan fingerprint density at radius 2 is 1.95 bits per heavy atom. The van der Waals surface area contributed by atoms with Crippen LogP contribution in [0, 0.1) is 13.8 Å². The van der Waals surface area contributed by atoms with Crippen LogP contribution in [0.15, 0.2) is 34.8 Å². The number of anilines is 1. The van der Waals surface area contributed by atoms with Crippen LogP contribution in [-0.2, 0) is 4.79 Å². The van der Waals surface area contributed by atoms with Gasteiger partial charge in [-0.15, -0.1) is 0 Å². The molecule has 0 radical (unpaired) electrons. The Labute approximate surface area is 138 Å². The third kappa shape index (κ3) is 2.44. The second-order valence-electron chi connectivity index (χ2n) is 5.34. The van der Waals surface area contributed by atoms with E-state index in [0.717, 1.165) is 38.2 Å². The van der Waals surface area contributed by atoms with Crippen molar-refractivity contribution in [1.29, 1.82) is 0 Å². The molecule has 0 saturated carbocycles. The summed E-state index contributed by atoms with van der Waals surface area (Å²) in [5, 5.41) is 2.92. The van der Waals surface area contributed by atoms with Gasteiger partial charge < -0.3 is 10.1 Å². The molecule has 1 aliphatic heterocycles. The number of rotatable bonds is 2. The van der Waals surface area contributed by atoms with Crippen LogP contribution < -0.4 is 10.1 Å². The summed E-state index contributed by atoms with van der Waals surface area (Å²) in [6.07, 6.45) is 1.92. The SMILES string of the molecule is COc1ccc(C=C2C(=O)Nc3ccc(Br)c(C)c32)cc1C. The van der Waals surface area contributed by atoms with Crippen LogP contribution >= 0.6 is 15.9 Å². The Bertz CT molecular complexity index is 809. The molecule has 1 amide bonds. The van der Waals surface area contributed by atoms with E-state index in [1.807, 2.05) is 50.3 Å². The van der Waals surface area contributed by atoms with E-state index in [-0.39, 0.29) is 5.91 Å². The standard InChI is InChI=1S/C18H16BrNO2/c1-10-8-12(4-7-16(10)22-3)9-13-17-11(2)14(19)5-6-15(17)20-18(13)21/h4-9H,1-3H3,(H,20,21). The summed E-state index contributed by atoms with van der Waals surface area (Å²) in [7, 11) is 1.65. The van der Waals surface area contributed by atoms with Crippen LogP contribution in [0.2, 0.25) is 0 Å². The summed E-state index contributed by atoms with van der Waals surface area (Å²) in [6.45, 7) is 4.00. The van der Waals surface area contributed by atoms with Gasteiger partial charge in [0.05, 0.1) is 7.11 Å². The number of fused-ring (bicyclic) bond motifs is 1. The van der Waals surface area contributed by atoms with Crippen molar-refractivity contribution in [1.82, 2.24) is 0 Å². The summed E-state index contributed by atoms with van der Waals surface area (Å²) in [6, 6.07) is 9.77. The molecule has 0 aromatic heterocycles. The zero-order valence-electron chi connectivity index (χ0n) is 12.7. The maximum atomic E-state index is 12.3. The van der Waals surface area contributed by atoms with Gasteiger partial charge in [-0.1, -0.05) is 22.0 Å². The predicted octanol–water partition coefficient (Wildman–Crippen LogP) is 4.57. The molecule has 2 aromatic carbocycles. The molecule has 0 bridgehead atoms. The Hall–Kier alpha value is -2.07. The maximum Gasteiger partial charge on any atom is 0.256 e. The minimum absolute atomic E-state index is 0.0651. The molecule has 2 aromatic rings. The van der Waals surface area contributed by atoms with Crippen molar-refractivity contribution in [3.8, 4) is 5.75 Å². The molecule has 3 nitrogen and oxygen atoms in total. The number of carbonyl (C=O) groups is 1. The molecular formula is C18H16BrNO2. The van der Waals surface area contributed by atoms with E-state index in [9.17, 15) is 4.79 Å². The Morgan fingerprint density at radius 3 is 2.64 bits per heavy atom. The van der Waals surface area contributed by atoms with E-state index in [1.54, 1.807) is 7.11 Å². The van der Waals surface area contributed by atoms with Gasteiger partial charge in [0.2, 0.25) is 0 Å². The van der Waals surface area contributed by atoms with Crippen LogP contribution in [0.1, 0.15) is 22.3 Å². The van der Waals surface area contributed by atoms with Crippen LogP contribution in [0.25, 0.3) is 11.6 Å². The molecule has 1 heterocycles. The van der Waals surface area contributed by atoms with Crippen LogP contribution in [-0.4, -0.2) is 13.0 Å². The summed E-state index contributed by atoms with van der Waals surface area (Å²) < 4.78 is 6.28. The zero-order chi connectivity index (χ0) is 15.9. The third-order valence-corrected chi connectivity index (χ3v) is 4.75. The van der Waals surface area contributed by atoms with Gasteiger partial charge in [-0.25, -0.2) is 0 Å². The fourth-order valence-corrected chi connectivity index (χ4v) is 3.07. The van der Waals surface area contributed by atoms with Crippen molar-refractivity contribution >= 4 is 39.2 Å². The fourth-order valence-electron chi connectivity index (χ4n) is 2.74. The Morgan fingerprint density at radius 1 is 1.18 bits per heavy atom. The van der Waals surface area contributed by atoms with Gasteiger partial charge in [-0.2, -0.15) is 0 Å². The first-order chi connectivity index (χ1) is 10.5. The van der Waals surface area contributed by atoms with Gasteiger partial charge in [0, 0.05) is 21.3 Å². The lowest BCUT2D eigenvalue weighted by molar-refractivity contribution is -0.110. The lowest BCUT2D eigenvalue weighted by Crippen LogP contribution is -2.03. The predicted molar refractivity (Wildman–Crippen MR) is 93.1 cm³/mol. The van der Waals surface area contributed by atoms with Crippen molar-refractivity contribution < 1.29 is 9.53 Å². The third-order valence-electron chi connectivity index (χ3n) is 3.89. The molecule has 22 heavy (non-hydrogen) atoms. The second kappa shape index (κ2) is 5.61. The zero-order valence-corrected chi connectivity index (χ0v) is 14.2. The van der Waals surface area contributed by atoms with Crippen molar-refractivity contribution in [3.05, 3.63) is 57.1 Å². The van der Waals surface area contributed by atoms with Crippen molar-refractivity contribution in [2.75, 3.05) is 12.4 Å². The highest BCUT2D eigenvalue weighted by atomic mass is 79.9. The molecular weight excluding hydrogens is 342 g/mol. The lowest BCUT2D eigenvalue weighted by Gasteiger charge is -2.07. The molecule has 3 rings (SSSR count). The number of benzene rings is 2. The number of hydrogen-bond acceptors (Lipinski definition) is 2. The van der Waals surface area contributed by atoms with E-state index >= 15 is 0 Å². The van der Waals surface area contributed by atoms with Gasteiger partial charge in [0.1, 0.15) is 5.75 Å². The van der Waals surface area contributed by atoms with Crippen molar-refractivity contribution in [2.24, 2.45) is 0 Å². The average Bonchev–Trinajstić information content (AvgIpc) is 2.80. The minimum Gasteiger partial charge on any atom is -0.496 e. The number of nitrogens with one attached hydrogen (secondary N) is 1. The molecule has 112 valence electrons. The van der Waals surface area contributed by atoms with Gasteiger partial charge >= 0.3 is 0 Å². The normalized spacial score (nSPS) is 14.9. The number of carbonyl (C=O) groups excluding carboxylic acids is 1. The fraction of sp³-hybridized carbons (Fsp3) is 0.167.